The lowest BCUT2D eigenvalue weighted by Gasteiger charge is -2.39. The first-order valence-corrected chi connectivity index (χ1v) is 12.2. The fourth-order valence-corrected chi connectivity index (χ4v) is 5.25. The van der Waals surface area contributed by atoms with Gasteiger partial charge in [-0.25, -0.2) is 0 Å². The second-order valence-corrected chi connectivity index (χ2v) is 9.95. The zero-order valence-corrected chi connectivity index (χ0v) is 20.0. The predicted octanol–water partition coefficient (Wildman–Crippen LogP) is 3.20. The average Bonchev–Trinajstić information content (AvgIpc) is 2.90. The Kier molecular flexibility index (Phi) is 9.14. The first kappa shape index (κ1) is 24.7. The van der Waals surface area contributed by atoms with Crippen LogP contribution in [0.3, 0.4) is 0 Å². The molecule has 0 bridgehead atoms. The maximum absolute atomic E-state index is 13.3. The van der Waals surface area contributed by atoms with E-state index in [4.69, 9.17) is 17.3 Å². The molecule has 1 heterocycles. The lowest BCUT2D eigenvalue weighted by molar-refractivity contribution is -0.136. The van der Waals surface area contributed by atoms with E-state index in [0.717, 1.165) is 31.4 Å². The van der Waals surface area contributed by atoms with Gasteiger partial charge in [0.05, 0.1) is 6.04 Å². The molecule has 32 heavy (non-hydrogen) atoms. The highest BCUT2D eigenvalue weighted by atomic mass is 35.5. The van der Waals surface area contributed by atoms with Gasteiger partial charge in [0.2, 0.25) is 11.8 Å². The quantitative estimate of drug-likeness (QED) is 0.545. The molecular weight excluding hydrogens is 424 g/mol. The maximum Gasteiger partial charge on any atom is 0.244 e. The number of hydrogen-bond donors (Lipinski definition) is 3. The summed E-state index contributed by atoms with van der Waals surface area (Å²) >= 11 is 5.90. The number of rotatable bonds is 7. The SMILES string of the molecule is CC1CC(C)CC(N2CC[C@H](CNC(=O)/C=C/c3ccc(Cl)cc3)N[C@H](CCN)C2=O)C1. The molecule has 4 N–H and O–H groups in total. The largest absolute Gasteiger partial charge is 0.351 e. The monoisotopic (exact) mass is 460 g/mol. The first-order chi connectivity index (χ1) is 15.4. The van der Waals surface area contributed by atoms with E-state index in [1.165, 1.54) is 12.5 Å². The third kappa shape index (κ3) is 7.06. The minimum absolute atomic E-state index is 0.0341. The Hall–Kier alpha value is -1.89. The van der Waals surface area contributed by atoms with E-state index in [-0.39, 0.29) is 23.9 Å². The van der Waals surface area contributed by atoms with Crippen molar-refractivity contribution in [1.29, 1.82) is 0 Å². The molecule has 2 unspecified atom stereocenters. The molecule has 1 aliphatic carbocycles. The van der Waals surface area contributed by atoms with Gasteiger partial charge in [-0.2, -0.15) is 0 Å². The van der Waals surface area contributed by atoms with Gasteiger partial charge in [-0.15, -0.1) is 0 Å². The predicted molar refractivity (Wildman–Crippen MR) is 130 cm³/mol. The van der Waals surface area contributed by atoms with Crippen molar-refractivity contribution < 1.29 is 9.59 Å². The van der Waals surface area contributed by atoms with E-state index in [0.29, 0.717) is 42.4 Å². The zero-order valence-electron chi connectivity index (χ0n) is 19.2. The summed E-state index contributed by atoms with van der Waals surface area (Å²) in [5.41, 5.74) is 6.73. The normalized spacial score (nSPS) is 29.2. The highest BCUT2D eigenvalue weighted by molar-refractivity contribution is 6.30. The number of hydrogen-bond acceptors (Lipinski definition) is 4. The van der Waals surface area contributed by atoms with Crippen LogP contribution in [0.15, 0.2) is 30.3 Å². The molecule has 1 saturated carbocycles. The molecular formula is C25H37ClN4O2. The summed E-state index contributed by atoms with van der Waals surface area (Å²) in [7, 11) is 0. The number of nitrogens with two attached hydrogens (primary N) is 1. The van der Waals surface area contributed by atoms with E-state index < -0.39 is 0 Å². The summed E-state index contributed by atoms with van der Waals surface area (Å²) < 4.78 is 0. The van der Waals surface area contributed by atoms with Gasteiger partial charge in [-0.3, -0.25) is 9.59 Å². The Bertz CT molecular complexity index is 788. The van der Waals surface area contributed by atoms with Crippen LogP contribution in [-0.4, -0.2) is 54.5 Å². The van der Waals surface area contributed by atoms with Crippen LogP contribution in [0.2, 0.25) is 5.02 Å². The van der Waals surface area contributed by atoms with Crippen LogP contribution in [0.5, 0.6) is 0 Å². The molecule has 1 aromatic carbocycles. The highest BCUT2D eigenvalue weighted by Gasteiger charge is 2.36. The summed E-state index contributed by atoms with van der Waals surface area (Å²) in [5.74, 6) is 1.30. The zero-order chi connectivity index (χ0) is 23.1. The molecule has 6 nitrogen and oxygen atoms in total. The van der Waals surface area contributed by atoms with Gasteiger partial charge in [0.25, 0.3) is 0 Å². The first-order valence-electron chi connectivity index (χ1n) is 11.8. The van der Waals surface area contributed by atoms with Gasteiger partial charge < -0.3 is 21.3 Å². The van der Waals surface area contributed by atoms with Crippen molar-refractivity contribution in [2.75, 3.05) is 19.6 Å². The van der Waals surface area contributed by atoms with Gasteiger partial charge in [0.1, 0.15) is 0 Å². The molecule has 7 heteroatoms. The number of amides is 2. The Labute approximate surface area is 196 Å². The molecule has 2 amide bonds. The van der Waals surface area contributed by atoms with Gasteiger partial charge >= 0.3 is 0 Å². The van der Waals surface area contributed by atoms with Crippen molar-refractivity contribution in [3.8, 4) is 0 Å². The average molecular weight is 461 g/mol. The molecule has 2 aliphatic rings. The second-order valence-electron chi connectivity index (χ2n) is 9.52. The van der Waals surface area contributed by atoms with E-state index in [1.807, 2.05) is 12.1 Å². The van der Waals surface area contributed by atoms with Crippen molar-refractivity contribution in [2.45, 2.75) is 64.1 Å². The fourth-order valence-electron chi connectivity index (χ4n) is 5.13. The van der Waals surface area contributed by atoms with Crippen molar-refractivity contribution in [3.05, 3.63) is 40.9 Å². The minimum atomic E-state index is -0.290. The number of benzene rings is 1. The van der Waals surface area contributed by atoms with Crippen LogP contribution in [0.1, 0.15) is 51.5 Å². The van der Waals surface area contributed by atoms with Crippen molar-refractivity contribution in [1.82, 2.24) is 15.5 Å². The number of carbonyl (C=O) groups excluding carboxylic acids is 2. The number of nitrogens with one attached hydrogen (secondary N) is 2. The van der Waals surface area contributed by atoms with Crippen LogP contribution in [-0.2, 0) is 9.59 Å². The summed E-state index contributed by atoms with van der Waals surface area (Å²) in [6.45, 7) is 6.23. The molecule has 1 saturated heterocycles. The fraction of sp³-hybridized carbons (Fsp3) is 0.600. The van der Waals surface area contributed by atoms with Crippen LogP contribution in [0, 0.1) is 11.8 Å². The number of carbonyl (C=O) groups is 2. The smallest absolute Gasteiger partial charge is 0.244 e. The second kappa shape index (κ2) is 11.8. The van der Waals surface area contributed by atoms with Gasteiger partial charge in [0.15, 0.2) is 0 Å². The summed E-state index contributed by atoms with van der Waals surface area (Å²) in [5, 5.41) is 7.11. The third-order valence-electron chi connectivity index (χ3n) is 6.61. The van der Waals surface area contributed by atoms with Crippen molar-refractivity contribution in [2.24, 2.45) is 17.6 Å². The Balaban J connectivity index is 1.58. The maximum atomic E-state index is 13.3. The van der Waals surface area contributed by atoms with Crippen LogP contribution < -0.4 is 16.4 Å². The van der Waals surface area contributed by atoms with Crippen LogP contribution >= 0.6 is 11.6 Å². The molecule has 0 spiro atoms. The number of halogens is 1. The standard InChI is InChI=1S/C25H37ClN4O2/c1-17-13-18(2)15-22(14-17)30-12-10-21(29-23(9-11-27)25(30)32)16-28-24(31)8-5-19-3-6-20(26)7-4-19/h3-8,17-18,21-23,29H,9-16,27H2,1-2H3,(H,28,31)/b8-5+/t17?,18?,21-,22?,23-/m1/s1. The summed E-state index contributed by atoms with van der Waals surface area (Å²) in [6.07, 6.45) is 8.09. The molecule has 3 rings (SSSR count). The summed E-state index contributed by atoms with van der Waals surface area (Å²) in [4.78, 5) is 27.7. The number of nitrogens with zero attached hydrogens (tertiary/aromatic N) is 1. The summed E-state index contributed by atoms with van der Waals surface area (Å²) in [6, 6.07) is 7.37. The molecule has 2 fully saturated rings. The lowest BCUT2D eigenvalue weighted by Crippen LogP contribution is -2.52. The van der Waals surface area contributed by atoms with Crippen LogP contribution in [0.25, 0.3) is 6.08 Å². The topological polar surface area (TPSA) is 87.5 Å². The molecule has 1 aromatic rings. The Morgan fingerprint density at radius 2 is 1.91 bits per heavy atom. The van der Waals surface area contributed by atoms with Crippen molar-refractivity contribution >= 4 is 29.5 Å². The molecule has 4 atom stereocenters. The lowest BCUT2D eigenvalue weighted by atomic mass is 9.79. The molecule has 0 aromatic heterocycles. The Morgan fingerprint density at radius 1 is 1.22 bits per heavy atom. The van der Waals surface area contributed by atoms with E-state index in [1.54, 1.807) is 18.2 Å². The molecule has 176 valence electrons. The molecule has 1 aliphatic heterocycles. The third-order valence-corrected chi connectivity index (χ3v) is 6.86. The van der Waals surface area contributed by atoms with E-state index >= 15 is 0 Å². The van der Waals surface area contributed by atoms with Gasteiger partial charge in [0, 0.05) is 36.3 Å². The highest BCUT2D eigenvalue weighted by Crippen LogP contribution is 2.32. The van der Waals surface area contributed by atoms with Gasteiger partial charge in [-0.05, 0) is 74.3 Å². The Morgan fingerprint density at radius 3 is 2.56 bits per heavy atom. The van der Waals surface area contributed by atoms with Crippen LogP contribution in [0.4, 0.5) is 0 Å². The van der Waals surface area contributed by atoms with Gasteiger partial charge in [-0.1, -0.05) is 37.6 Å². The van der Waals surface area contributed by atoms with E-state index in [2.05, 4.69) is 29.4 Å². The minimum Gasteiger partial charge on any atom is -0.351 e. The van der Waals surface area contributed by atoms with Crippen molar-refractivity contribution in [3.63, 3.8) is 0 Å². The molecule has 0 radical (unpaired) electrons. The van der Waals surface area contributed by atoms with E-state index in [9.17, 15) is 9.59 Å².